The van der Waals surface area contributed by atoms with Crippen LogP contribution < -0.4 is 5.32 Å². The van der Waals surface area contributed by atoms with Gasteiger partial charge in [-0.2, -0.15) is 5.26 Å². The van der Waals surface area contributed by atoms with Gasteiger partial charge in [0, 0.05) is 30.5 Å². The molecule has 2 atom stereocenters. The van der Waals surface area contributed by atoms with Crippen molar-refractivity contribution in [2.45, 2.75) is 32.4 Å². The zero-order chi connectivity index (χ0) is 12.5. The van der Waals surface area contributed by atoms with Crippen molar-refractivity contribution < 1.29 is 4.74 Å². The van der Waals surface area contributed by atoms with E-state index in [0.29, 0.717) is 17.8 Å². The van der Waals surface area contributed by atoms with Gasteiger partial charge in [-0.05, 0) is 18.6 Å². The highest BCUT2D eigenvalue weighted by Gasteiger charge is 2.48. The Labute approximate surface area is 102 Å². The largest absolute Gasteiger partial charge is 0.381 e. The molecule has 1 aliphatic carbocycles. The first-order chi connectivity index (χ1) is 8.07. The average Bonchev–Trinajstić information content (AvgIpc) is 2.34. The molecule has 4 heteroatoms. The van der Waals surface area contributed by atoms with Gasteiger partial charge in [-0.25, -0.2) is 4.98 Å². The summed E-state index contributed by atoms with van der Waals surface area (Å²) >= 11 is 0. The van der Waals surface area contributed by atoms with Gasteiger partial charge in [0.25, 0.3) is 0 Å². The van der Waals surface area contributed by atoms with Gasteiger partial charge in [0.2, 0.25) is 0 Å². The third-order valence-corrected chi connectivity index (χ3v) is 3.68. The normalized spacial score (nSPS) is 25.8. The minimum atomic E-state index is 0.116. The summed E-state index contributed by atoms with van der Waals surface area (Å²) < 4.78 is 5.41. The summed E-state index contributed by atoms with van der Waals surface area (Å²) in [6.45, 7) is 4.38. The number of hydrogen-bond donors (Lipinski definition) is 1. The van der Waals surface area contributed by atoms with Crippen LogP contribution in [-0.2, 0) is 4.74 Å². The van der Waals surface area contributed by atoms with Crippen LogP contribution >= 0.6 is 0 Å². The van der Waals surface area contributed by atoms with Gasteiger partial charge in [0.1, 0.15) is 11.8 Å². The minimum Gasteiger partial charge on any atom is -0.381 e. The minimum absolute atomic E-state index is 0.116. The molecule has 1 aliphatic rings. The maximum Gasteiger partial charge on any atom is 0.142 e. The van der Waals surface area contributed by atoms with E-state index >= 15 is 0 Å². The highest BCUT2D eigenvalue weighted by Crippen LogP contribution is 2.43. The Morgan fingerprint density at radius 2 is 2.35 bits per heavy atom. The average molecular weight is 231 g/mol. The molecule has 1 aromatic rings. The molecule has 1 fully saturated rings. The van der Waals surface area contributed by atoms with Crippen molar-refractivity contribution in [1.82, 2.24) is 4.98 Å². The Kier molecular flexibility index (Phi) is 3.03. The molecule has 0 saturated heterocycles. The smallest absolute Gasteiger partial charge is 0.142 e. The number of aromatic nitrogens is 1. The molecule has 1 heterocycles. The molecule has 0 spiro atoms. The molecule has 90 valence electrons. The first-order valence-corrected chi connectivity index (χ1v) is 5.73. The van der Waals surface area contributed by atoms with E-state index in [0.717, 1.165) is 12.1 Å². The van der Waals surface area contributed by atoms with Gasteiger partial charge in [-0.1, -0.05) is 13.8 Å². The third-order valence-electron chi connectivity index (χ3n) is 3.68. The number of ether oxygens (including phenoxy) is 1. The topological polar surface area (TPSA) is 57.9 Å². The predicted octanol–water partition coefficient (Wildman–Crippen LogP) is 2.18. The van der Waals surface area contributed by atoms with E-state index in [4.69, 9.17) is 10.00 Å². The number of hydrogen-bond acceptors (Lipinski definition) is 4. The van der Waals surface area contributed by atoms with Crippen LogP contribution in [0.4, 0.5) is 5.69 Å². The lowest BCUT2D eigenvalue weighted by molar-refractivity contribution is -0.0794. The number of nitrogens with zero attached hydrogens (tertiary/aromatic N) is 2. The quantitative estimate of drug-likeness (QED) is 0.866. The first kappa shape index (κ1) is 11.9. The maximum atomic E-state index is 8.79. The SMILES string of the molecule is COC1CC(Nc2ccnc(C#N)c2)C1(C)C. The number of nitrogens with one attached hydrogen (secondary N) is 1. The van der Waals surface area contributed by atoms with Crippen molar-refractivity contribution >= 4 is 5.69 Å². The molecule has 4 nitrogen and oxygen atoms in total. The van der Waals surface area contributed by atoms with Crippen molar-refractivity contribution in [3.05, 3.63) is 24.0 Å². The molecule has 2 unspecified atom stereocenters. The molecular formula is C13H17N3O. The van der Waals surface area contributed by atoms with Gasteiger partial charge in [0.05, 0.1) is 6.10 Å². The Balaban J connectivity index is 2.06. The lowest BCUT2D eigenvalue weighted by Gasteiger charge is -2.51. The molecular weight excluding hydrogens is 214 g/mol. The molecule has 1 aromatic heterocycles. The van der Waals surface area contributed by atoms with Crippen molar-refractivity contribution in [2.24, 2.45) is 5.41 Å². The molecule has 1 N–H and O–H groups in total. The molecule has 0 aliphatic heterocycles. The Morgan fingerprint density at radius 1 is 1.59 bits per heavy atom. The van der Waals surface area contributed by atoms with Gasteiger partial charge in [-0.3, -0.25) is 0 Å². The van der Waals surface area contributed by atoms with Gasteiger partial charge in [-0.15, -0.1) is 0 Å². The van der Waals surface area contributed by atoms with Crippen LogP contribution in [0.25, 0.3) is 0 Å². The summed E-state index contributed by atoms with van der Waals surface area (Å²) in [5.74, 6) is 0. The van der Waals surface area contributed by atoms with E-state index in [2.05, 4.69) is 24.1 Å². The van der Waals surface area contributed by atoms with Crippen LogP contribution in [0, 0.1) is 16.7 Å². The number of pyridine rings is 1. The molecule has 1 saturated carbocycles. The fraction of sp³-hybridized carbons (Fsp3) is 0.538. The Bertz CT molecular complexity index is 450. The first-order valence-electron chi connectivity index (χ1n) is 5.73. The van der Waals surface area contributed by atoms with E-state index in [-0.39, 0.29) is 5.41 Å². The number of rotatable bonds is 3. The van der Waals surface area contributed by atoms with Crippen LogP contribution in [0.15, 0.2) is 18.3 Å². The van der Waals surface area contributed by atoms with E-state index in [1.165, 1.54) is 0 Å². The summed E-state index contributed by atoms with van der Waals surface area (Å²) in [6.07, 6.45) is 2.95. The Morgan fingerprint density at radius 3 is 2.94 bits per heavy atom. The van der Waals surface area contributed by atoms with Crippen LogP contribution in [0.3, 0.4) is 0 Å². The molecule has 0 bridgehead atoms. The summed E-state index contributed by atoms with van der Waals surface area (Å²) in [5, 5.41) is 12.2. The second kappa shape index (κ2) is 4.34. The lowest BCUT2D eigenvalue weighted by Crippen LogP contribution is -2.57. The standard InChI is InChI=1S/C13H17N3O/c1-13(2)11(7-12(13)17-3)16-9-4-5-15-10(6-9)8-14/h4-6,11-12H,7H2,1-3H3,(H,15,16). The van der Waals surface area contributed by atoms with Gasteiger partial charge >= 0.3 is 0 Å². The zero-order valence-corrected chi connectivity index (χ0v) is 10.4. The second-order valence-corrected chi connectivity index (χ2v) is 5.02. The van der Waals surface area contributed by atoms with Crippen molar-refractivity contribution in [3.8, 4) is 6.07 Å². The number of nitriles is 1. The fourth-order valence-electron chi connectivity index (χ4n) is 2.31. The van der Waals surface area contributed by atoms with Gasteiger partial charge < -0.3 is 10.1 Å². The molecule has 0 radical (unpaired) electrons. The summed E-state index contributed by atoms with van der Waals surface area (Å²) in [6, 6.07) is 6.08. The van der Waals surface area contributed by atoms with Crippen LogP contribution in [0.2, 0.25) is 0 Å². The molecule has 17 heavy (non-hydrogen) atoms. The second-order valence-electron chi connectivity index (χ2n) is 5.02. The highest BCUT2D eigenvalue weighted by molar-refractivity contribution is 5.47. The van der Waals surface area contributed by atoms with Crippen molar-refractivity contribution in [2.75, 3.05) is 12.4 Å². The lowest BCUT2D eigenvalue weighted by atomic mass is 9.64. The molecule has 0 amide bonds. The Hall–Kier alpha value is -1.60. The van der Waals surface area contributed by atoms with E-state index in [1.807, 2.05) is 12.1 Å². The van der Waals surface area contributed by atoms with Crippen molar-refractivity contribution in [3.63, 3.8) is 0 Å². The monoisotopic (exact) mass is 231 g/mol. The third kappa shape index (κ3) is 2.11. The molecule has 0 aromatic carbocycles. The predicted molar refractivity (Wildman–Crippen MR) is 65.6 cm³/mol. The van der Waals surface area contributed by atoms with Crippen molar-refractivity contribution in [1.29, 1.82) is 5.26 Å². The molecule has 2 rings (SSSR count). The summed E-state index contributed by atoms with van der Waals surface area (Å²) in [5.41, 5.74) is 1.50. The summed E-state index contributed by atoms with van der Waals surface area (Å²) in [7, 11) is 1.75. The number of methoxy groups -OCH3 is 1. The van der Waals surface area contributed by atoms with Crippen LogP contribution in [0.1, 0.15) is 26.0 Å². The van der Waals surface area contributed by atoms with E-state index < -0.39 is 0 Å². The zero-order valence-electron chi connectivity index (χ0n) is 10.4. The number of anilines is 1. The van der Waals surface area contributed by atoms with Gasteiger partial charge in [0.15, 0.2) is 0 Å². The fourth-order valence-corrected chi connectivity index (χ4v) is 2.31. The summed E-state index contributed by atoms with van der Waals surface area (Å²) in [4.78, 5) is 3.95. The van der Waals surface area contributed by atoms with Crippen LogP contribution in [-0.4, -0.2) is 24.2 Å². The maximum absolute atomic E-state index is 8.79. The van der Waals surface area contributed by atoms with Crippen LogP contribution in [0.5, 0.6) is 0 Å². The highest BCUT2D eigenvalue weighted by atomic mass is 16.5. The van der Waals surface area contributed by atoms with E-state index in [1.54, 1.807) is 19.4 Å². The van der Waals surface area contributed by atoms with E-state index in [9.17, 15) is 0 Å².